The largest absolute Gasteiger partial charge is 0.357 e. The van der Waals surface area contributed by atoms with Gasteiger partial charge in [0.2, 0.25) is 0 Å². The first-order chi connectivity index (χ1) is 14.5. The average molecular weight is 535 g/mol. The number of hydrogen-bond donors (Lipinski definition) is 2. The molecule has 0 bridgehead atoms. The van der Waals surface area contributed by atoms with Crippen LogP contribution in [-0.4, -0.2) is 28.6 Å². The summed E-state index contributed by atoms with van der Waals surface area (Å²) in [5, 5.41) is 6.66. The number of aromatic nitrogens is 2. The van der Waals surface area contributed by atoms with Crippen molar-refractivity contribution < 1.29 is 4.39 Å². The third kappa shape index (κ3) is 7.65. The maximum atomic E-state index is 13.3. The van der Waals surface area contributed by atoms with Gasteiger partial charge in [0.05, 0.1) is 6.54 Å². The van der Waals surface area contributed by atoms with E-state index < -0.39 is 0 Å². The Morgan fingerprint density at radius 1 is 1.10 bits per heavy atom. The monoisotopic (exact) mass is 535 g/mol. The molecule has 0 spiro atoms. The van der Waals surface area contributed by atoms with E-state index in [4.69, 9.17) is 4.99 Å². The summed E-state index contributed by atoms with van der Waals surface area (Å²) in [6.07, 6.45) is 4.64. The van der Waals surface area contributed by atoms with Gasteiger partial charge in [0, 0.05) is 32.0 Å². The Bertz CT molecular complexity index is 999. The number of halogens is 2. The van der Waals surface area contributed by atoms with Crippen LogP contribution in [0.15, 0.2) is 59.9 Å². The van der Waals surface area contributed by atoms with E-state index in [9.17, 15) is 4.39 Å². The molecule has 5 nitrogen and oxygen atoms in total. The normalized spacial score (nSPS) is 11.2. The van der Waals surface area contributed by atoms with Gasteiger partial charge >= 0.3 is 0 Å². The topological polar surface area (TPSA) is 54.2 Å². The lowest BCUT2D eigenvalue weighted by Gasteiger charge is -2.12. The van der Waals surface area contributed by atoms with E-state index in [0.29, 0.717) is 6.54 Å². The molecule has 0 unspecified atom stereocenters. The third-order valence-electron chi connectivity index (χ3n) is 5.02. The first-order valence-corrected chi connectivity index (χ1v) is 10.4. The highest BCUT2D eigenvalue weighted by molar-refractivity contribution is 14.0. The molecule has 2 aromatic carbocycles. The summed E-state index contributed by atoms with van der Waals surface area (Å²) in [5.41, 5.74) is 4.51. The summed E-state index contributed by atoms with van der Waals surface area (Å²) in [6.45, 7) is 8.93. The number of aryl methyl sites for hydroxylation is 2. The highest BCUT2D eigenvalue weighted by Gasteiger charge is 2.03. The standard InChI is InChI=1S/C24H30FN5.HI/c1-4-26-24(28-11-10-22-8-9-23(25)14-18(22)2)29-16-20-6-5-7-21(15-20)17-30-13-12-27-19(30)3;/h5-9,12-15H,4,10-11,16-17H2,1-3H3,(H2,26,28,29);1H. The van der Waals surface area contributed by atoms with E-state index in [1.54, 1.807) is 6.07 Å². The van der Waals surface area contributed by atoms with Crippen molar-refractivity contribution in [2.75, 3.05) is 13.1 Å². The molecular formula is C24H31FIN5. The molecule has 0 saturated heterocycles. The van der Waals surface area contributed by atoms with Crippen LogP contribution < -0.4 is 10.6 Å². The summed E-state index contributed by atoms with van der Waals surface area (Å²) in [7, 11) is 0. The summed E-state index contributed by atoms with van der Waals surface area (Å²) in [6, 6.07) is 13.4. The lowest BCUT2D eigenvalue weighted by molar-refractivity contribution is 0.625. The Morgan fingerprint density at radius 2 is 1.90 bits per heavy atom. The first kappa shape index (κ1) is 24.8. The Hall–Kier alpha value is -2.42. The number of nitrogens with one attached hydrogen (secondary N) is 2. The molecule has 0 fully saturated rings. The lowest BCUT2D eigenvalue weighted by Crippen LogP contribution is -2.38. The highest BCUT2D eigenvalue weighted by atomic mass is 127. The van der Waals surface area contributed by atoms with Crippen LogP contribution in [0.4, 0.5) is 4.39 Å². The van der Waals surface area contributed by atoms with Gasteiger partial charge in [-0.15, -0.1) is 24.0 Å². The molecule has 3 aromatic rings. The lowest BCUT2D eigenvalue weighted by atomic mass is 10.1. The molecule has 0 amide bonds. The van der Waals surface area contributed by atoms with Gasteiger partial charge in [-0.3, -0.25) is 0 Å². The zero-order chi connectivity index (χ0) is 21.3. The molecule has 0 atom stereocenters. The Labute approximate surface area is 201 Å². The maximum Gasteiger partial charge on any atom is 0.191 e. The van der Waals surface area contributed by atoms with Gasteiger partial charge in [-0.1, -0.05) is 30.3 Å². The zero-order valence-electron chi connectivity index (χ0n) is 18.4. The Morgan fingerprint density at radius 3 is 2.61 bits per heavy atom. The number of nitrogens with zero attached hydrogens (tertiary/aromatic N) is 3. The summed E-state index contributed by atoms with van der Waals surface area (Å²) < 4.78 is 15.4. The van der Waals surface area contributed by atoms with Crippen LogP contribution >= 0.6 is 24.0 Å². The van der Waals surface area contributed by atoms with Gasteiger partial charge in [0.15, 0.2) is 5.96 Å². The number of aliphatic imine (C=N–C) groups is 1. The first-order valence-electron chi connectivity index (χ1n) is 10.4. The minimum Gasteiger partial charge on any atom is -0.357 e. The summed E-state index contributed by atoms with van der Waals surface area (Å²) in [5.74, 6) is 1.60. The quantitative estimate of drug-likeness (QED) is 0.252. The van der Waals surface area contributed by atoms with Crippen molar-refractivity contribution in [1.29, 1.82) is 0 Å². The molecule has 0 aliphatic rings. The van der Waals surface area contributed by atoms with Gasteiger partial charge in [0.25, 0.3) is 0 Å². The van der Waals surface area contributed by atoms with E-state index in [1.807, 2.05) is 32.3 Å². The fourth-order valence-corrected chi connectivity index (χ4v) is 3.36. The summed E-state index contributed by atoms with van der Waals surface area (Å²) >= 11 is 0. The van der Waals surface area contributed by atoms with E-state index in [2.05, 4.69) is 51.4 Å². The Kier molecular flexibility index (Phi) is 9.97. The number of hydrogen-bond acceptors (Lipinski definition) is 2. The third-order valence-corrected chi connectivity index (χ3v) is 5.02. The van der Waals surface area contributed by atoms with Gasteiger partial charge in [-0.25, -0.2) is 14.4 Å². The second kappa shape index (κ2) is 12.4. The minimum atomic E-state index is -0.190. The van der Waals surface area contributed by atoms with Crippen molar-refractivity contribution in [3.05, 3.63) is 88.8 Å². The predicted octanol–water partition coefficient (Wildman–Crippen LogP) is 4.60. The molecule has 1 aromatic heterocycles. The van der Waals surface area contributed by atoms with Crippen LogP contribution in [0.1, 0.15) is 35.0 Å². The van der Waals surface area contributed by atoms with E-state index in [1.165, 1.54) is 11.6 Å². The van der Waals surface area contributed by atoms with E-state index >= 15 is 0 Å². The predicted molar refractivity (Wildman–Crippen MR) is 136 cm³/mol. The van der Waals surface area contributed by atoms with Crippen molar-refractivity contribution in [3.63, 3.8) is 0 Å². The van der Waals surface area contributed by atoms with Crippen molar-refractivity contribution >= 4 is 29.9 Å². The number of rotatable bonds is 8. The molecule has 1 heterocycles. The highest BCUT2D eigenvalue weighted by Crippen LogP contribution is 2.11. The van der Waals surface area contributed by atoms with Gasteiger partial charge in [-0.05, 0) is 61.6 Å². The molecular weight excluding hydrogens is 504 g/mol. The Balaban J connectivity index is 0.00000341. The van der Waals surface area contributed by atoms with Crippen molar-refractivity contribution in [2.45, 2.75) is 40.3 Å². The van der Waals surface area contributed by atoms with Crippen LogP contribution in [0.25, 0.3) is 0 Å². The molecule has 0 saturated carbocycles. The fourth-order valence-electron chi connectivity index (χ4n) is 3.36. The molecule has 166 valence electrons. The van der Waals surface area contributed by atoms with Crippen LogP contribution in [0.2, 0.25) is 0 Å². The molecule has 7 heteroatoms. The van der Waals surface area contributed by atoms with Crippen LogP contribution in [0.3, 0.4) is 0 Å². The molecule has 0 radical (unpaired) electrons. The van der Waals surface area contributed by atoms with Crippen LogP contribution in [0, 0.1) is 19.7 Å². The number of imidazole rings is 1. The second-order valence-electron chi connectivity index (χ2n) is 7.37. The van der Waals surface area contributed by atoms with Crippen molar-refractivity contribution in [1.82, 2.24) is 20.2 Å². The van der Waals surface area contributed by atoms with Gasteiger partial charge < -0.3 is 15.2 Å². The average Bonchev–Trinajstić information content (AvgIpc) is 3.12. The van der Waals surface area contributed by atoms with Crippen molar-refractivity contribution in [3.8, 4) is 0 Å². The van der Waals surface area contributed by atoms with E-state index in [0.717, 1.165) is 54.5 Å². The zero-order valence-corrected chi connectivity index (χ0v) is 20.7. The van der Waals surface area contributed by atoms with Gasteiger partial charge in [0.1, 0.15) is 11.6 Å². The minimum absolute atomic E-state index is 0. The number of benzene rings is 2. The molecule has 0 aliphatic heterocycles. The molecule has 0 aliphatic carbocycles. The second-order valence-corrected chi connectivity index (χ2v) is 7.37. The van der Waals surface area contributed by atoms with Gasteiger partial charge in [-0.2, -0.15) is 0 Å². The summed E-state index contributed by atoms with van der Waals surface area (Å²) in [4.78, 5) is 9.00. The van der Waals surface area contributed by atoms with E-state index in [-0.39, 0.29) is 29.8 Å². The van der Waals surface area contributed by atoms with Crippen LogP contribution in [-0.2, 0) is 19.5 Å². The maximum absolute atomic E-state index is 13.3. The number of guanidine groups is 1. The molecule has 2 N–H and O–H groups in total. The molecule has 31 heavy (non-hydrogen) atoms. The molecule has 3 rings (SSSR count). The fraction of sp³-hybridized carbons (Fsp3) is 0.333. The van der Waals surface area contributed by atoms with Crippen LogP contribution in [0.5, 0.6) is 0 Å². The smallest absolute Gasteiger partial charge is 0.191 e. The SMILES string of the molecule is CCNC(=NCc1cccc(Cn2ccnc2C)c1)NCCc1ccc(F)cc1C.I. The van der Waals surface area contributed by atoms with Crippen molar-refractivity contribution in [2.24, 2.45) is 4.99 Å².